The lowest BCUT2D eigenvalue weighted by molar-refractivity contribution is -0.0721. The topological polar surface area (TPSA) is 87.7 Å². The predicted molar refractivity (Wildman–Crippen MR) is 121 cm³/mol. The van der Waals surface area contributed by atoms with Crippen LogP contribution in [-0.4, -0.2) is 71.1 Å². The Hall–Kier alpha value is -2.45. The van der Waals surface area contributed by atoms with E-state index in [1.165, 1.54) is 19.2 Å². The highest BCUT2D eigenvalue weighted by molar-refractivity contribution is 5.80. The molecule has 168 valence electrons. The minimum Gasteiger partial charge on any atom is -0.376 e. The van der Waals surface area contributed by atoms with Crippen LogP contribution in [0.25, 0.3) is 11.4 Å². The average molecular weight is 427 g/mol. The van der Waals surface area contributed by atoms with Gasteiger partial charge < -0.3 is 19.7 Å². The summed E-state index contributed by atoms with van der Waals surface area (Å²) in [5, 5.41) is 10.3. The molecule has 2 aliphatic rings. The lowest BCUT2D eigenvalue weighted by Crippen LogP contribution is -2.47. The lowest BCUT2D eigenvalue weighted by atomic mass is 10.1. The van der Waals surface area contributed by atoms with Crippen LogP contribution in [0.5, 0.6) is 0 Å². The number of nitrogens with one attached hydrogen (secondary N) is 2. The molecule has 2 aromatic rings. The second kappa shape index (κ2) is 11.2. The summed E-state index contributed by atoms with van der Waals surface area (Å²) in [6, 6.07) is 8.28. The number of hydrogen-bond acceptors (Lipinski definition) is 5. The predicted octanol–water partition coefficient (Wildman–Crippen LogP) is 2.99. The summed E-state index contributed by atoms with van der Waals surface area (Å²) >= 11 is 0. The summed E-state index contributed by atoms with van der Waals surface area (Å²) in [5.41, 5.74) is 2.17. The Bertz CT molecular complexity index is 811. The van der Waals surface area contributed by atoms with Crippen LogP contribution in [0.4, 0.5) is 0 Å². The van der Waals surface area contributed by atoms with E-state index in [-0.39, 0.29) is 0 Å². The Morgan fingerprint density at radius 3 is 2.94 bits per heavy atom. The van der Waals surface area contributed by atoms with Gasteiger partial charge >= 0.3 is 0 Å². The van der Waals surface area contributed by atoms with Crippen LogP contribution in [0.15, 0.2) is 35.6 Å². The summed E-state index contributed by atoms with van der Waals surface area (Å²) in [7, 11) is 0. The number of piperidine rings is 1. The summed E-state index contributed by atoms with van der Waals surface area (Å²) in [4.78, 5) is 11.5. The van der Waals surface area contributed by atoms with E-state index >= 15 is 0 Å². The molecule has 3 heterocycles. The Labute approximate surface area is 184 Å². The van der Waals surface area contributed by atoms with Crippen LogP contribution >= 0.6 is 0 Å². The van der Waals surface area contributed by atoms with E-state index in [4.69, 9.17) is 14.5 Å². The van der Waals surface area contributed by atoms with Crippen LogP contribution < -0.4 is 5.32 Å². The van der Waals surface area contributed by atoms with Crippen molar-refractivity contribution in [2.24, 2.45) is 4.99 Å². The molecule has 2 fully saturated rings. The molecule has 0 bridgehead atoms. The zero-order valence-corrected chi connectivity index (χ0v) is 18.4. The first-order chi connectivity index (χ1) is 15.3. The number of nitrogens with zero attached hydrogens (tertiary/aromatic N) is 4. The number of benzene rings is 1. The van der Waals surface area contributed by atoms with Crippen molar-refractivity contribution in [3.63, 3.8) is 0 Å². The van der Waals surface area contributed by atoms with Crippen LogP contribution in [0.1, 0.15) is 44.6 Å². The van der Waals surface area contributed by atoms with Gasteiger partial charge in [-0.15, -0.1) is 0 Å². The van der Waals surface area contributed by atoms with Gasteiger partial charge in [-0.1, -0.05) is 18.2 Å². The van der Waals surface area contributed by atoms with Crippen molar-refractivity contribution < 1.29 is 9.47 Å². The smallest absolute Gasteiger partial charge is 0.194 e. The molecular formula is C23H34N6O2. The second-order valence-corrected chi connectivity index (χ2v) is 8.21. The normalized spacial score (nSPS) is 20.7. The maximum Gasteiger partial charge on any atom is 0.194 e. The van der Waals surface area contributed by atoms with Gasteiger partial charge in [0.15, 0.2) is 11.8 Å². The van der Waals surface area contributed by atoms with Gasteiger partial charge in [-0.25, -0.2) is 9.98 Å². The summed E-state index contributed by atoms with van der Waals surface area (Å²) in [6.07, 6.45) is 7.77. The number of rotatable bonds is 7. The van der Waals surface area contributed by atoms with E-state index in [0.29, 0.717) is 18.8 Å². The quantitative estimate of drug-likeness (QED) is 0.523. The SMILES string of the molecule is CCNC(=NCc1cccc(-c2ncn[nH]2)c1)N1CCC(OCC2CCCCO2)CC1. The Kier molecular flexibility index (Phi) is 7.90. The van der Waals surface area contributed by atoms with Crippen LogP contribution in [0, 0.1) is 0 Å². The summed E-state index contributed by atoms with van der Waals surface area (Å²) < 4.78 is 12.0. The molecule has 0 aliphatic carbocycles. The van der Waals surface area contributed by atoms with Crippen LogP contribution in [0.3, 0.4) is 0 Å². The first-order valence-corrected chi connectivity index (χ1v) is 11.5. The van der Waals surface area contributed by atoms with E-state index in [9.17, 15) is 0 Å². The fourth-order valence-corrected chi connectivity index (χ4v) is 4.17. The molecule has 1 aromatic heterocycles. The van der Waals surface area contributed by atoms with Gasteiger partial charge in [0.1, 0.15) is 6.33 Å². The monoisotopic (exact) mass is 426 g/mol. The first-order valence-electron chi connectivity index (χ1n) is 11.5. The van der Waals surface area contributed by atoms with E-state index < -0.39 is 0 Å². The second-order valence-electron chi connectivity index (χ2n) is 8.21. The Morgan fingerprint density at radius 2 is 2.19 bits per heavy atom. The standard InChI is InChI=1S/C23H34N6O2/c1-2-24-23(25-15-18-6-5-7-19(14-18)22-26-17-27-28-22)29-11-9-20(10-12-29)31-16-21-8-3-4-13-30-21/h5-7,14,17,20-21H,2-4,8-13,15-16H2,1H3,(H,24,25)(H,26,27,28). The fraction of sp³-hybridized carbons (Fsp3) is 0.609. The van der Waals surface area contributed by atoms with Gasteiger partial charge in [-0.3, -0.25) is 5.10 Å². The van der Waals surface area contributed by atoms with Crippen molar-refractivity contribution in [3.8, 4) is 11.4 Å². The molecule has 1 atom stereocenters. The minimum atomic E-state index is 0.290. The van der Waals surface area contributed by atoms with Gasteiger partial charge in [0.25, 0.3) is 0 Å². The van der Waals surface area contributed by atoms with Crippen molar-refractivity contribution in [1.82, 2.24) is 25.4 Å². The van der Waals surface area contributed by atoms with Gasteiger partial charge in [-0.05, 0) is 50.7 Å². The molecule has 0 radical (unpaired) electrons. The molecule has 8 nitrogen and oxygen atoms in total. The van der Waals surface area contributed by atoms with Crippen LogP contribution in [0.2, 0.25) is 0 Å². The van der Waals surface area contributed by atoms with Crippen molar-refractivity contribution in [3.05, 3.63) is 36.2 Å². The van der Waals surface area contributed by atoms with Gasteiger partial charge in [-0.2, -0.15) is 5.10 Å². The minimum absolute atomic E-state index is 0.290. The molecule has 0 amide bonds. The third-order valence-corrected chi connectivity index (χ3v) is 5.90. The van der Waals surface area contributed by atoms with Crippen molar-refractivity contribution in [1.29, 1.82) is 0 Å². The maximum atomic E-state index is 6.16. The van der Waals surface area contributed by atoms with Crippen LogP contribution in [-0.2, 0) is 16.0 Å². The summed E-state index contributed by atoms with van der Waals surface area (Å²) in [5.74, 6) is 1.75. The van der Waals surface area contributed by atoms with Gasteiger partial charge in [0, 0.05) is 31.8 Å². The number of likely N-dealkylation sites (tertiary alicyclic amines) is 1. The molecule has 0 spiro atoms. The molecule has 8 heteroatoms. The number of aromatic nitrogens is 3. The number of guanidine groups is 1. The number of hydrogen-bond donors (Lipinski definition) is 2. The highest BCUT2D eigenvalue weighted by Crippen LogP contribution is 2.19. The fourth-order valence-electron chi connectivity index (χ4n) is 4.17. The molecule has 1 unspecified atom stereocenters. The Morgan fingerprint density at radius 1 is 1.29 bits per heavy atom. The largest absolute Gasteiger partial charge is 0.376 e. The molecule has 1 aromatic carbocycles. The molecule has 2 saturated heterocycles. The lowest BCUT2D eigenvalue weighted by Gasteiger charge is -2.35. The van der Waals surface area contributed by atoms with E-state index in [1.807, 2.05) is 12.1 Å². The average Bonchev–Trinajstić information content (AvgIpc) is 3.37. The van der Waals surface area contributed by atoms with E-state index in [0.717, 1.165) is 75.0 Å². The maximum absolute atomic E-state index is 6.16. The van der Waals surface area contributed by atoms with Gasteiger partial charge in [0.2, 0.25) is 0 Å². The van der Waals surface area contributed by atoms with Crippen molar-refractivity contribution in [2.45, 2.75) is 57.8 Å². The van der Waals surface area contributed by atoms with Crippen molar-refractivity contribution >= 4 is 5.96 Å². The molecule has 31 heavy (non-hydrogen) atoms. The third-order valence-electron chi connectivity index (χ3n) is 5.90. The molecule has 2 aliphatic heterocycles. The highest BCUT2D eigenvalue weighted by Gasteiger charge is 2.23. The van der Waals surface area contributed by atoms with E-state index in [1.54, 1.807) is 0 Å². The molecular weight excluding hydrogens is 392 g/mol. The first kappa shape index (κ1) is 21.8. The number of aromatic amines is 1. The van der Waals surface area contributed by atoms with Gasteiger partial charge in [0.05, 0.1) is 25.4 Å². The Balaban J connectivity index is 1.29. The number of H-pyrrole nitrogens is 1. The molecule has 0 saturated carbocycles. The number of aliphatic imine (C=N–C) groups is 1. The zero-order valence-electron chi connectivity index (χ0n) is 18.4. The molecule has 4 rings (SSSR count). The van der Waals surface area contributed by atoms with Crippen molar-refractivity contribution in [2.75, 3.05) is 32.8 Å². The van der Waals surface area contributed by atoms with E-state index in [2.05, 4.69) is 44.5 Å². The summed E-state index contributed by atoms with van der Waals surface area (Å²) in [6.45, 7) is 7.13. The number of ether oxygens (including phenoxy) is 2. The third kappa shape index (κ3) is 6.27. The molecule has 2 N–H and O–H groups in total. The zero-order chi connectivity index (χ0) is 21.3. The highest BCUT2D eigenvalue weighted by atomic mass is 16.5.